The first kappa shape index (κ1) is 31.8. The SMILES string of the molecule is CCN(CC)CCOC1CCN(CCc2c(-c3cc(C)cc(C)c3)[nH]c3sc(C(C)(C)C(=O)N4C5CCC4CC5)cc23)CC1. The van der Waals surface area contributed by atoms with E-state index in [1.165, 1.54) is 68.7 Å². The largest absolute Gasteiger partial charge is 0.377 e. The minimum Gasteiger partial charge on any atom is -0.377 e. The van der Waals surface area contributed by atoms with Crippen molar-refractivity contribution in [1.29, 1.82) is 0 Å². The summed E-state index contributed by atoms with van der Waals surface area (Å²) in [5.74, 6) is 0.324. The number of H-pyrrole nitrogens is 1. The highest BCUT2D eigenvalue weighted by Gasteiger charge is 2.47. The Morgan fingerprint density at radius 2 is 1.61 bits per heavy atom. The average Bonchev–Trinajstić information content (AvgIpc) is 3.79. The molecule has 1 amide bonds. The minimum absolute atomic E-state index is 0.324. The highest BCUT2D eigenvalue weighted by Crippen LogP contribution is 2.44. The van der Waals surface area contributed by atoms with Gasteiger partial charge in [-0.1, -0.05) is 31.0 Å². The van der Waals surface area contributed by atoms with Gasteiger partial charge in [0.1, 0.15) is 4.83 Å². The fourth-order valence-electron chi connectivity index (χ4n) is 8.10. The Morgan fingerprint density at radius 3 is 2.23 bits per heavy atom. The Morgan fingerprint density at radius 1 is 0.977 bits per heavy atom. The number of likely N-dealkylation sites (tertiary alicyclic amines) is 1. The van der Waals surface area contributed by atoms with E-state index in [0.717, 1.165) is 65.1 Å². The molecule has 3 aromatic rings. The first-order valence-corrected chi connectivity index (χ1v) is 18.1. The monoisotopic (exact) mass is 618 g/mol. The average molecular weight is 619 g/mol. The van der Waals surface area contributed by atoms with Gasteiger partial charge in [-0.05, 0) is 115 Å². The number of carbonyl (C=O) groups excluding carboxylic acids is 1. The molecule has 3 fully saturated rings. The maximum absolute atomic E-state index is 14.0. The molecule has 0 aliphatic carbocycles. The van der Waals surface area contributed by atoms with Crippen LogP contribution in [0.2, 0.25) is 0 Å². The quantitative estimate of drug-likeness (QED) is 0.231. The number of thiophene rings is 1. The second-order valence-corrected chi connectivity index (χ2v) is 15.2. The van der Waals surface area contributed by atoms with E-state index in [-0.39, 0.29) is 0 Å². The van der Waals surface area contributed by atoms with E-state index in [4.69, 9.17) is 4.74 Å². The van der Waals surface area contributed by atoms with Crippen molar-refractivity contribution >= 4 is 27.5 Å². The summed E-state index contributed by atoms with van der Waals surface area (Å²) in [5, 5.41) is 1.30. The summed E-state index contributed by atoms with van der Waals surface area (Å²) in [6.07, 6.45) is 8.33. The summed E-state index contributed by atoms with van der Waals surface area (Å²) in [6, 6.07) is 10.1. The van der Waals surface area contributed by atoms with E-state index in [1.807, 2.05) is 0 Å². The third-order valence-corrected chi connectivity index (χ3v) is 12.2. The van der Waals surface area contributed by atoms with Gasteiger partial charge in [-0.3, -0.25) is 4.79 Å². The number of hydrogen-bond donors (Lipinski definition) is 1. The van der Waals surface area contributed by atoms with E-state index in [0.29, 0.717) is 24.1 Å². The number of piperidine rings is 1. The normalized spacial score (nSPS) is 21.4. The van der Waals surface area contributed by atoms with Crippen LogP contribution in [0.4, 0.5) is 0 Å². The molecule has 3 saturated heterocycles. The van der Waals surface area contributed by atoms with Crippen LogP contribution in [0, 0.1) is 13.8 Å². The van der Waals surface area contributed by atoms with Crippen molar-refractivity contribution in [2.24, 2.45) is 0 Å². The van der Waals surface area contributed by atoms with Crippen LogP contribution in [0.3, 0.4) is 0 Å². The summed E-state index contributed by atoms with van der Waals surface area (Å²) in [4.78, 5) is 27.5. The zero-order valence-corrected chi connectivity index (χ0v) is 28.8. The van der Waals surface area contributed by atoms with Crippen molar-refractivity contribution in [1.82, 2.24) is 19.7 Å². The highest BCUT2D eigenvalue weighted by molar-refractivity contribution is 7.19. The summed E-state index contributed by atoms with van der Waals surface area (Å²) >= 11 is 1.79. The van der Waals surface area contributed by atoms with E-state index in [1.54, 1.807) is 11.3 Å². The van der Waals surface area contributed by atoms with Gasteiger partial charge in [-0.2, -0.15) is 0 Å². The number of nitrogens with one attached hydrogen (secondary N) is 1. The first-order valence-electron chi connectivity index (χ1n) is 17.3. The Labute approximate surface area is 269 Å². The van der Waals surface area contributed by atoms with Crippen LogP contribution in [0.1, 0.15) is 87.8 Å². The van der Waals surface area contributed by atoms with E-state index < -0.39 is 5.41 Å². The van der Waals surface area contributed by atoms with Gasteiger partial charge in [-0.15, -0.1) is 11.3 Å². The third kappa shape index (κ3) is 6.40. The molecule has 7 heteroatoms. The zero-order chi connectivity index (χ0) is 31.0. The fourth-order valence-corrected chi connectivity index (χ4v) is 9.28. The van der Waals surface area contributed by atoms with Gasteiger partial charge in [0, 0.05) is 48.5 Å². The van der Waals surface area contributed by atoms with Crippen LogP contribution in [-0.4, -0.2) is 89.7 Å². The number of ether oxygens (including phenoxy) is 1. The maximum atomic E-state index is 14.0. The van der Waals surface area contributed by atoms with Crippen molar-refractivity contribution in [2.75, 3.05) is 45.9 Å². The van der Waals surface area contributed by atoms with Crippen LogP contribution < -0.4 is 0 Å². The number of nitrogens with zero attached hydrogens (tertiary/aromatic N) is 3. The van der Waals surface area contributed by atoms with Crippen molar-refractivity contribution in [3.8, 4) is 11.3 Å². The zero-order valence-electron chi connectivity index (χ0n) is 28.0. The molecule has 3 aliphatic rings. The molecule has 44 heavy (non-hydrogen) atoms. The predicted octanol–water partition coefficient (Wildman–Crippen LogP) is 7.31. The maximum Gasteiger partial charge on any atom is 0.233 e. The molecule has 5 heterocycles. The lowest BCUT2D eigenvalue weighted by molar-refractivity contribution is -0.137. The van der Waals surface area contributed by atoms with Crippen LogP contribution in [0.25, 0.3) is 21.5 Å². The summed E-state index contributed by atoms with van der Waals surface area (Å²) in [6.45, 7) is 20.4. The molecular formula is C37H54N4O2S. The summed E-state index contributed by atoms with van der Waals surface area (Å²) < 4.78 is 6.28. The third-order valence-electron chi connectivity index (χ3n) is 10.8. The lowest BCUT2D eigenvalue weighted by Gasteiger charge is -2.32. The van der Waals surface area contributed by atoms with Crippen molar-refractivity contribution in [3.05, 3.63) is 45.8 Å². The number of carbonyl (C=O) groups is 1. The molecule has 6 nitrogen and oxygen atoms in total. The lowest BCUT2D eigenvalue weighted by atomic mass is 9.88. The Balaban J connectivity index is 1.19. The van der Waals surface area contributed by atoms with Gasteiger partial charge in [-0.25, -0.2) is 0 Å². The molecule has 2 aromatic heterocycles. The number of benzene rings is 1. The second kappa shape index (κ2) is 13.3. The predicted molar refractivity (Wildman–Crippen MR) is 184 cm³/mol. The number of aromatic amines is 1. The minimum atomic E-state index is -0.514. The number of aryl methyl sites for hydroxylation is 2. The number of fused-ring (bicyclic) bond motifs is 3. The molecule has 1 aromatic carbocycles. The van der Waals surface area contributed by atoms with Crippen LogP contribution in [0.15, 0.2) is 24.3 Å². The number of aromatic nitrogens is 1. The van der Waals surface area contributed by atoms with Crippen molar-refractivity contribution in [2.45, 2.75) is 110 Å². The summed E-state index contributed by atoms with van der Waals surface area (Å²) in [5.41, 5.74) is 5.99. The van der Waals surface area contributed by atoms with Crippen molar-refractivity contribution < 1.29 is 9.53 Å². The lowest BCUT2D eigenvalue weighted by Crippen LogP contribution is -2.45. The first-order chi connectivity index (χ1) is 21.2. The molecule has 0 unspecified atom stereocenters. The molecule has 240 valence electrons. The molecule has 0 spiro atoms. The van der Waals surface area contributed by atoms with Gasteiger partial charge >= 0.3 is 0 Å². The number of amides is 1. The van der Waals surface area contributed by atoms with Gasteiger partial charge in [0.25, 0.3) is 0 Å². The van der Waals surface area contributed by atoms with Crippen LogP contribution in [-0.2, 0) is 21.4 Å². The standard InChI is InChI=1S/C37H54N4O2S/c1-7-39(8-2)19-20-43-30-13-16-40(17-14-30)18-15-31-32-24-33(37(5,6)36(42)41-28-9-10-29(41)12-11-28)44-35(32)38-34(31)27-22-25(3)21-26(4)23-27/h21-24,28-30,38H,7-20H2,1-6H3. The number of hydrogen-bond acceptors (Lipinski definition) is 5. The van der Waals surface area contributed by atoms with Gasteiger partial charge in [0.15, 0.2) is 0 Å². The fraction of sp³-hybridized carbons (Fsp3) is 0.649. The molecule has 2 bridgehead atoms. The number of rotatable bonds is 12. The van der Waals surface area contributed by atoms with Crippen LogP contribution in [0.5, 0.6) is 0 Å². The molecule has 1 N–H and O–H groups in total. The van der Waals surface area contributed by atoms with Gasteiger partial charge < -0.3 is 24.4 Å². The van der Waals surface area contributed by atoms with Gasteiger partial charge in [0.05, 0.1) is 23.8 Å². The van der Waals surface area contributed by atoms with E-state index in [2.05, 4.69) is 85.5 Å². The number of likely N-dealkylation sites (N-methyl/N-ethyl adjacent to an activating group) is 1. The molecular weight excluding hydrogens is 565 g/mol. The highest BCUT2D eigenvalue weighted by atomic mass is 32.1. The second-order valence-electron chi connectivity index (χ2n) is 14.2. The van der Waals surface area contributed by atoms with E-state index >= 15 is 0 Å². The molecule has 6 rings (SSSR count). The smallest absolute Gasteiger partial charge is 0.233 e. The Bertz CT molecular complexity index is 1400. The van der Waals surface area contributed by atoms with Crippen molar-refractivity contribution in [3.63, 3.8) is 0 Å². The molecule has 0 atom stereocenters. The van der Waals surface area contributed by atoms with Gasteiger partial charge in [0.2, 0.25) is 5.91 Å². The van der Waals surface area contributed by atoms with E-state index in [9.17, 15) is 4.79 Å². The Kier molecular flexibility index (Phi) is 9.59. The molecule has 3 aliphatic heterocycles. The molecule has 0 radical (unpaired) electrons. The Hall–Kier alpha value is -2.19. The summed E-state index contributed by atoms with van der Waals surface area (Å²) in [7, 11) is 0. The van der Waals surface area contributed by atoms with Crippen LogP contribution >= 0.6 is 11.3 Å². The topological polar surface area (TPSA) is 51.8 Å². The molecule has 0 saturated carbocycles.